The van der Waals surface area contributed by atoms with Gasteiger partial charge in [0, 0.05) is 12.8 Å². The van der Waals surface area contributed by atoms with E-state index in [0.29, 0.717) is 19.6 Å². The summed E-state index contributed by atoms with van der Waals surface area (Å²) in [6.07, 6.45) is 0.307. The van der Waals surface area contributed by atoms with Crippen LogP contribution in [0.3, 0.4) is 0 Å². The van der Waals surface area contributed by atoms with Gasteiger partial charge in [0.25, 0.3) is 0 Å². The van der Waals surface area contributed by atoms with Crippen molar-refractivity contribution in [1.29, 1.82) is 0 Å². The van der Waals surface area contributed by atoms with E-state index in [-0.39, 0.29) is 5.91 Å². The van der Waals surface area contributed by atoms with E-state index in [1.54, 1.807) is 7.11 Å². The van der Waals surface area contributed by atoms with Gasteiger partial charge in [-0.1, -0.05) is 29.8 Å². The zero-order chi connectivity index (χ0) is 16.7. The van der Waals surface area contributed by atoms with Gasteiger partial charge in [-0.3, -0.25) is 4.79 Å². The molecule has 4 heteroatoms. The molecule has 0 atom stereocenters. The van der Waals surface area contributed by atoms with Gasteiger partial charge >= 0.3 is 0 Å². The molecule has 0 fully saturated rings. The monoisotopic (exact) mass is 313 g/mol. The molecule has 4 nitrogen and oxygen atoms in total. The molecule has 0 aliphatic carbocycles. The van der Waals surface area contributed by atoms with Gasteiger partial charge in [0.05, 0.1) is 19.6 Å². The predicted molar refractivity (Wildman–Crippen MR) is 91.8 cm³/mol. The summed E-state index contributed by atoms with van der Waals surface area (Å²) in [6, 6.07) is 13.6. The molecule has 2 rings (SSSR count). The Hall–Kier alpha value is -2.33. The first-order valence-electron chi connectivity index (χ1n) is 7.66. The van der Waals surface area contributed by atoms with Gasteiger partial charge < -0.3 is 14.8 Å². The Balaban J connectivity index is 1.82. The van der Waals surface area contributed by atoms with Gasteiger partial charge in [-0.2, -0.15) is 0 Å². The lowest BCUT2D eigenvalue weighted by Gasteiger charge is -2.10. The number of carbonyl (C=O) groups is 1. The lowest BCUT2D eigenvalue weighted by molar-refractivity contribution is -0.116. The average molecular weight is 313 g/mol. The normalized spacial score (nSPS) is 10.4. The van der Waals surface area contributed by atoms with E-state index in [2.05, 4.69) is 11.4 Å². The van der Waals surface area contributed by atoms with Gasteiger partial charge in [0.15, 0.2) is 0 Å². The Kier molecular flexibility index (Phi) is 6.18. The molecule has 0 bridgehead atoms. The highest BCUT2D eigenvalue weighted by Gasteiger charge is 2.05. The summed E-state index contributed by atoms with van der Waals surface area (Å²) in [5, 5.41) is 2.88. The van der Waals surface area contributed by atoms with Crippen molar-refractivity contribution in [2.24, 2.45) is 0 Å². The van der Waals surface area contributed by atoms with Crippen LogP contribution in [0.25, 0.3) is 0 Å². The van der Waals surface area contributed by atoms with Crippen LogP contribution in [-0.4, -0.2) is 19.6 Å². The number of hydrogen-bond donors (Lipinski definition) is 1. The fourth-order valence-electron chi connectivity index (χ4n) is 2.34. The quantitative estimate of drug-likeness (QED) is 0.844. The maximum Gasteiger partial charge on any atom is 0.227 e. The number of carbonyl (C=O) groups excluding carboxylic acids is 1. The summed E-state index contributed by atoms with van der Waals surface area (Å²) in [4.78, 5) is 12.0. The Bertz CT molecular complexity index is 667. The van der Waals surface area contributed by atoms with E-state index in [0.717, 1.165) is 22.6 Å². The smallest absolute Gasteiger partial charge is 0.227 e. The standard InChI is InChI=1S/C19H23NO3/c1-14-7-8-18(15(2)11-14)23-10-9-19(21)20-17-6-4-5-16(12-17)13-22-3/h4-8,11-12H,9-10,13H2,1-3H3,(H,20,21). The van der Waals surface area contributed by atoms with E-state index in [1.165, 1.54) is 5.56 Å². The highest BCUT2D eigenvalue weighted by molar-refractivity contribution is 5.90. The molecule has 0 radical (unpaired) electrons. The van der Waals surface area contributed by atoms with Crippen molar-refractivity contribution in [3.05, 3.63) is 59.2 Å². The molecule has 0 spiro atoms. The van der Waals surface area contributed by atoms with Crippen molar-refractivity contribution in [1.82, 2.24) is 0 Å². The third kappa shape index (κ3) is 5.42. The topological polar surface area (TPSA) is 47.6 Å². The molecule has 1 N–H and O–H groups in total. The van der Waals surface area contributed by atoms with Crippen LogP contribution in [0.4, 0.5) is 5.69 Å². The number of benzene rings is 2. The van der Waals surface area contributed by atoms with E-state index in [1.807, 2.05) is 50.2 Å². The Morgan fingerprint density at radius 1 is 1.13 bits per heavy atom. The van der Waals surface area contributed by atoms with E-state index in [9.17, 15) is 4.79 Å². The molecule has 2 aromatic rings. The van der Waals surface area contributed by atoms with Crippen molar-refractivity contribution in [3.8, 4) is 5.75 Å². The summed E-state index contributed by atoms with van der Waals surface area (Å²) >= 11 is 0. The van der Waals surface area contributed by atoms with Gasteiger partial charge in [-0.05, 0) is 43.2 Å². The zero-order valence-electron chi connectivity index (χ0n) is 13.9. The van der Waals surface area contributed by atoms with Crippen molar-refractivity contribution >= 4 is 11.6 Å². The molecule has 122 valence electrons. The first-order valence-corrected chi connectivity index (χ1v) is 7.66. The van der Waals surface area contributed by atoms with Crippen LogP contribution in [-0.2, 0) is 16.1 Å². The number of hydrogen-bond acceptors (Lipinski definition) is 3. The minimum Gasteiger partial charge on any atom is -0.493 e. The molecule has 0 aliphatic rings. The van der Waals surface area contributed by atoms with Crippen LogP contribution < -0.4 is 10.1 Å². The SMILES string of the molecule is COCc1cccc(NC(=O)CCOc2ccc(C)cc2C)c1. The van der Waals surface area contributed by atoms with Crippen molar-refractivity contribution in [2.45, 2.75) is 26.9 Å². The van der Waals surface area contributed by atoms with Gasteiger partial charge in [0.2, 0.25) is 5.91 Å². The second-order valence-corrected chi connectivity index (χ2v) is 5.55. The minimum absolute atomic E-state index is 0.0654. The summed E-state index contributed by atoms with van der Waals surface area (Å²) in [5.74, 6) is 0.759. The second kappa shape index (κ2) is 8.34. The van der Waals surface area contributed by atoms with Crippen LogP contribution in [0, 0.1) is 13.8 Å². The maximum absolute atomic E-state index is 12.0. The molecule has 0 saturated carbocycles. The number of amides is 1. The lowest BCUT2D eigenvalue weighted by atomic mass is 10.1. The largest absolute Gasteiger partial charge is 0.493 e. The molecule has 1 amide bonds. The fraction of sp³-hybridized carbons (Fsp3) is 0.316. The molecule has 0 aromatic heterocycles. The zero-order valence-corrected chi connectivity index (χ0v) is 13.9. The highest BCUT2D eigenvalue weighted by atomic mass is 16.5. The first kappa shape index (κ1) is 17.0. The van der Waals surface area contributed by atoms with Crippen LogP contribution in [0.15, 0.2) is 42.5 Å². The molecule has 23 heavy (non-hydrogen) atoms. The molecule has 0 saturated heterocycles. The number of aryl methyl sites for hydroxylation is 2. The van der Waals surface area contributed by atoms with Crippen molar-refractivity contribution in [3.63, 3.8) is 0 Å². The number of ether oxygens (including phenoxy) is 2. The number of rotatable bonds is 7. The molecule has 2 aromatic carbocycles. The number of anilines is 1. The molecular formula is C19H23NO3. The van der Waals surface area contributed by atoms with E-state index in [4.69, 9.17) is 9.47 Å². The first-order chi connectivity index (χ1) is 11.1. The Labute approximate surface area is 137 Å². The average Bonchev–Trinajstić information content (AvgIpc) is 2.50. The summed E-state index contributed by atoms with van der Waals surface area (Å²) in [7, 11) is 1.65. The van der Waals surface area contributed by atoms with Gasteiger partial charge in [-0.15, -0.1) is 0 Å². The van der Waals surface area contributed by atoms with Gasteiger partial charge in [-0.25, -0.2) is 0 Å². The second-order valence-electron chi connectivity index (χ2n) is 5.55. The lowest BCUT2D eigenvalue weighted by Crippen LogP contribution is -2.15. The highest BCUT2D eigenvalue weighted by Crippen LogP contribution is 2.19. The fourth-order valence-corrected chi connectivity index (χ4v) is 2.34. The number of methoxy groups -OCH3 is 1. The van der Waals surface area contributed by atoms with Crippen molar-refractivity contribution in [2.75, 3.05) is 19.0 Å². The third-order valence-electron chi connectivity index (χ3n) is 3.44. The minimum atomic E-state index is -0.0654. The van der Waals surface area contributed by atoms with Crippen LogP contribution >= 0.6 is 0 Å². The van der Waals surface area contributed by atoms with E-state index < -0.39 is 0 Å². The van der Waals surface area contributed by atoms with Gasteiger partial charge in [0.1, 0.15) is 5.75 Å². The van der Waals surface area contributed by atoms with E-state index >= 15 is 0 Å². The number of nitrogens with one attached hydrogen (secondary N) is 1. The van der Waals surface area contributed by atoms with Crippen molar-refractivity contribution < 1.29 is 14.3 Å². The molecular weight excluding hydrogens is 290 g/mol. The van der Waals surface area contributed by atoms with Crippen LogP contribution in [0.5, 0.6) is 5.75 Å². The molecule has 0 aliphatic heterocycles. The third-order valence-corrected chi connectivity index (χ3v) is 3.44. The Morgan fingerprint density at radius 3 is 2.70 bits per heavy atom. The predicted octanol–water partition coefficient (Wildman–Crippen LogP) is 3.86. The summed E-state index contributed by atoms with van der Waals surface area (Å²) in [6.45, 7) is 4.93. The van der Waals surface area contributed by atoms with Crippen LogP contribution in [0.2, 0.25) is 0 Å². The summed E-state index contributed by atoms with van der Waals surface area (Å²) in [5.41, 5.74) is 4.08. The maximum atomic E-state index is 12.0. The molecule has 0 unspecified atom stereocenters. The Morgan fingerprint density at radius 2 is 1.96 bits per heavy atom. The van der Waals surface area contributed by atoms with Crippen LogP contribution in [0.1, 0.15) is 23.1 Å². The summed E-state index contributed by atoms with van der Waals surface area (Å²) < 4.78 is 10.8. The molecule has 0 heterocycles.